The van der Waals surface area contributed by atoms with Gasteiger partial charge in [-0.05, 0) is 13.8 Å². The number of hydrogen-bond acceptors (Lipinski definition) is 1. The lowest BCUT2D eigenvalue weighted by Gasteiger charge is -1.96. The average molecular weight is 165 g/mol. The van der Waals surface area contributed by atoms with Gasteiger partial charge in [-0.2, -0.15) is 0 Å². The van der Waals surface area contributed by atoms with E-state index in [1.54, 1.807) is 0 Å². The van der Waals surface area contributed by atoms with E-state index in [2.05, 4.69) is 0 Å². The minimum absolute atomic E-state index is 0.625. The molecule has 52 valence electrons. The summed E-state index contributed by atoms with van der Waals surface area (Å²) in [6, 6.07) is 0. The van der Waals surface area contributed by atoms with Crippen LogP contribution < -0.4 is 0 Å². The molecule has 1 aliphatic heterocycles. The lowest BCUT2D eigenvalue weighted by atomic mass is 10.2. The minimum Gasteiger partial charge on any atom is -0.306 e. The van der Waals surface area contributed by atoms with Crippen LogP contribution in [0.15, 0.2) is 11.1 Å². The lowest BCUT2D eigenvalue weighted by molar-refractivity contribution is 0.588. The number of rotatable bonds is 0. The summed E-state index contributed by atoms with van der Waals surface area (Å²) in [4.78, 5) is 0. The van der Waals surface area contributed by atoms with Crippen molar-refractivity contribution < 1.29 is 4.57 Å². The molecular weight excluding hydrogens is 154 g/mol. The highest BCUT2D eigenvalue weighted by Crippen LogP contribution is 2.58. The van der Waals surface area contributed by atoms with Gasteiger partial charge in [0.1, 0.15) is 0 Å². The van der Waals surface area contributed by atoms with E-state index in [1.165, 1.54) is 11.1 Å². The van der Waals surface area contributed by atoms with Crippen molar-refractivity contribution in [2.24, 2.45) is 0 Å². The Morgan fingerprint density at radius 3 is 1.78 bits per heavy atom. The van der Waals surface area contributed by atoms with Crippen LogP contribution in [0.1, 0.15) is 13.8 Å². The van der Waals surface area contributed by atoms with Gasteiger partial charge in [-0.3, -0.25) is 0 Å². The molecule has 0 N–H and O–H groups in total. The number of halogens is 1. The van der Waals surface area contributed by atoms with Crippen molar-refractivity contribution in [3.63, 3.8) is 0 Å². The van der Waals surface area contributed by atoms with E-state index >= 15 is 0 Å². The largest absolute Gasteiger partial charge is 0.306 e. The summed E-state index contributed by atoms with van der Waals surface area (Å²) in [7, 11) is 0. The Balaban J connectivity index is 2.82. The monoisotopic (exact) mass is 164 g/mol. The maximum Gasteiger partial charge on any atom is 0.177 e. The summed E-state index contributed by atoms with van der Waals surface area (Å²) >= 11 is 5.67. The molecular formula is C6H10ClOP. The van der Waals surface area contributed by atoms with E-state index in [9.17, 15) is 4.57 Å². The molecule has 0 saturated carbocycles. The highest BCUT2D eigenvalue weighted by atomic mass is 35.7. The molecule has 3 heteroatoms. The molecule has 0 saturated heterocycles. The molecule has 1 heterocycles. The topological polar surface area (TPSA) is 17.1 Å². The molecule has 0 fully saturated rings. The van der Waals surface area contributed by atoms with Gasteiger partial charge < -0.3 is 4.57 Å². The first kappa shape index (κ1) is 7.37. The Kier molecular flexibility index (Phi) is 1.75. The van der Waals surface area contributed by atoms with E-state index in [4.69, 9.17) is 11.2 Å². The lowest BCUT2D eigenvalue weighted by Crippen LogP contribution is -1.74. The van der Waals surface area contributed by atoms with Crippen molar-refractivity contribution in [3.8, 4) is 0 Å². The van der Waals surface area contributed by atoms with Crippen LogP contribution in [-0.4, -0.2) is 12.3 Å². The van der Waals surface area contributed by atoms with Crippen molar-refractivity contribution in [1.82, 2.24) is 0 Å². The molecule has 0 aromatic carbocycles. The zero-order chi connectivity index (χ0) is 7.07. The van der Waals surface area contributed by atoms with E-state index in [-0.39, 0.29) is 0 Å². The second kappa shape index (κ2) is 2.14. The van der Waals surface area contributed by atoms with Crippen LogP contribution in [0.5, 0.6) is 0 Å². The van der Waals surface area contributed by atoms with E-state index in [0.29, 0.717) is 12.3 Å². The van der Waals surface area contributed by atoms with Crippen LogP contribution in [0.3, 0.4) is 0 Å². The number of hydrogen-bond donors (Lipinski definition) is 0. The average Bonchev–Trinajstić information content (AvgIpc) is 1.79. The maximum atomic E-state index is 11.2. The normalized spacial score (nSPS) is 25.2. The molecule has 1 nitrogen and oxygen atoms in total. The molecule has 0 amide bonds. The number of allylic oxidation sites excluding steroid dienone is 2. The molecule has 0 spiro atoms. The zero-order valence-corrected chi connectivity index (χ0v) is 7.30. The van der Waals surface area contributed by atoms with Crippen molar-refractivity contribution in [3.05, 3.63) is 11.1 Å². The van der Waals surface area contributed by atoms with Gasteiger partial charge in [0, 0.05) is 12.3 Å². The second-order valence-electron chi connectivity index (χ2n) is 2.67. The van der Waals surface area contributed by atoms with Crippen LogP contribution in [-0.2, 0) is 4.57 Å². The zero-order valence-electron chi connectivity index (χ0n) is 5.65. The van der Waals surface area contributed by atoms with Crippen LogP contribution in [0.25, 0.3) is 0 Å². The molecule has 1 aliphatic rings. The fourth-order valence-corrected chi connectivity index (χ4v) is 4.18. The molecule has 0 bridgehead atoms. The molecule has 9 heavy (non-hydrogen) atoms. The third-order valence-electron chi connectivity index (χ3n) is 1.68. The fraction of sp³-hybridized carbons (Fsp3) is 0.667. The van der Waals surface area contributed by atoms with Gasteiger partial charge in [0.25, 0.3) is 0 Å². The standard InChI is InChI=1S/C6H10ClOP/c1-5-3-9(7,8)4-6(5)2/h3-4H2,1-2H3. The summed E-state index contributed by atoms with van der Waals surface area (Å²) in [5.74, 6) is 0. The Bertz CT molecular complexity index is 189. The van der Waals surface area contributed by atoms with Gasteiger partial charge in [-0.15, -0.1) is 0 Å². The van der Waals surface area contributed by atoms with Gasteiger partial charge >= 0.3 is 0 Å². The first-order valence-electron chi connectivity index (χ1n) is 2.94. The molecule has 0 atom stereocenters. The summed E-state index contributed by atoms with van der Waals surface area (Å²) in [5.41, 5.74) is 2.43. The predicted octanol–water partition coefficient (Wildman–Crippen LogP) is 2.85. The van der Waals surface area contributed by atoms with Crippen LogP contribution >= 0.6 is 17.7 Å². The second-order valence-corrected chi connectivity index (χ2v) is 6.73. The van der Waals surface area contributed by atoms with Gasteiger partial charge in [-0.1, -0.05) is 22.4 Å². The van der Waals surface area contributed by atoms with Gasteiger partial charge in [0.05, 0.1) is 0 Å². The van der Waals surface area contributed by atoms with Gasteiger partial charge in [0.15, 0.2) is 6.49 Å². The summed E-state index contributed by atoms with van der Waals surface area (Å²) in [6.45, 7) is 1.74. The third-order valence-corrected chi connectivity index (χ3v) is 4.29. The Morgan fingerprint density at radius 2 is 1.67 bits per heavy atom. The molecule has 1 rings (SSSR count). The van der Waals surface area contributed by atoms with Crippen LogP contribution in [0, 0.1) is 0 Å². The van der Waals surface area contributed by atoms with Crippen LogP contribution in [0.4, 0.5) is 0 Å². The predicted molar refractivity (Wildman–Crippen MR) is 41.6 cm³/mol. The van der Waals surface area contributed by atoms with E-state index in [1.807, 2.05) is 13.8 Å². The van der Waals surface area contributed by atoms with Crippen molar-refractivity contribution >= 4 is 17.7 Å². The molecule has 0 unspecified atom stereocenters. The SMILES string of the molecule is CC1=C(C)CP(=O)(Cl)C1. The molecule has 0 aromatic rings. The van der Waals surface area contributed by atoms with Crippen LogP contribution in [0.2, 0.25) is 0 Å². The van der Waals surface area contributed by atoms with Crippen molar-refractivity contribution in [2.45, 2.75) is 13.8 Å². The summed E-state index contributed by atoms with van der Waals surface area (Å²) in [6.07, 6.45) is 1.25. The summed E-state index contributed by atoms with van der Waals surface area (Å²) < 4.78 is 11.2. The minimum atomic E-state index is -2.26. The maximum absolute atomic E-state index is 11.2. The molecule has 0 radical (unpaired) electrons. The van der Waals surface area contributed by atoms with Crippen molar-refractivity contribution in [2.75, 3.05) is 12.3 Å². The Morgan fingerprint density at radius 1 is 1.33 bits per heavy atom. The van der Waals surface area contributed by atoms with Crippen molar-refractivity contribution in [1.29, 1.82) is 0 Å². The highest BCUT2D eigenvalue weighted by molar-refractivity contribution is 7.89. The Labute approximate surface area is 60.3 Å². The summed E-state index contributed by atoms with van der Waals surface area (Å²) in [5, 5.41) is 0. The Hall–Kier alpha value is 0.260. The quantitative estimate of drug-likeness (QED) is 0.398. The van der Waals surface area contributed by atoms with Gasteiger partial charge in [0.2, 0.25) is 0 Å². The first-order valence-corrected chi connectivity index (χ1v) is 5.92. The third kappa shape index (κ3) is 1.59. The van der Waals surface area contributed by atoms with Gasteiger partial charge in [-0.25, -0.2) is 0 Å². The smallest absolute Gasteiger partial charge is 0.177 e. The molecule has 0 aromatic heterocycles. The highest BCUT2D eigenvalue weighted by Gasteiger charge is 2.26. The van der Waals surface area contributed by atoms with E-state index in [0.717, 1.165) is 0 Å². The molecule has 0 aliphatic carbocycles. The fourth-order valence-electron chi connectivity index (χ4n) is 1.03. The first-order chi connectivity index (χ1) is 4.01. The van der Waals surface area contributed by atoms with E-state index < -0.39 is 6.49 Å².